The zero-order valence-electron chi connectivity index (χ0n) is 24.3. The molecule has 0 fully saturated rings. The van der Waals surface area contributed by atoms with E-state index in [1.165, 1.54) is 12.0 Å². The Balaban J connectivity index is 1.48. The van der Waals surface area contributed by atoms with Gasteiger partial charge in [-0.25, -0.2) is 4.79 Å². The molecule has 0 N–H and O–H groups in total. The number of nitrogens with zero attached hydrogens (tertiary/aromatic N) is 3. The van der Waals surface area contributed by atoms with Crippen molar-refractivity contribution in [3.8, 4) is 11.5 Å². The van der Waals surface area contributed by atoms with Crippen molar-refractivity contribution >= 4 is 61.4 Å². The molecule has 0 radical (unpaired) electrons. The topological polar surface area (TPSA) is 92.0 Å². The molecule has 0 aliphatic carbocycles. The number of imide groups is 1. The number of aromatic nitrogens is 2. The second-order valence-corrected chi connectivity index (χ2v) is 11.0. The van der Waals surface area contributed by atoms with E-state index in [1.807, 2.05) is 60.7 Å². The van der Waals surface area contributed by atoms with Gasteiger partial charge in [-0.3, -0.25) is 14.5 Å². The molecule has 0 saturated heterocycles. The van der Waals surface area contributed by atoms with E-state index in [-0.39, 0.29) is 24.9 Å². The molecule has 6 aromatic rings. The zero-order chi connectivity index (χ0) is 30.3. The number of esters is 1. The van der Waals surface area contributed by atoms with E-state index in [2.05, 4.69) is 9.13 Å². The smallest absolute Gasteiger partial charge is 0.335 e. The molecular formula is C35H27N3O6. The summed E-state index contributed by atoms with van der Waals surface area (Å²) in [6, 6.07) is 21.1. The number of hydrogen-bond acceptors (Lipinski definition) is 6. The largest absolute Gasteiger partial charge is 0.497 e. The minimum absolute atomic E-state index is 0.0355. The van der Waals surface area contributed by atoms with Crippen molar-refractivity contribution in [1.29, 1.82) is 0 Å². The maximum atomic E-state index is 14.5. The van der Waals surface area contributed by atoms with Gasteiger partial charge in [0.2, 0.25) is 0 Å². The van der Waals surface area contributed by atoms with Gasteiger partial charge < -0.3 is 23.3 Å². The molecule has 0 atom stereocenters. The van der Waals surface area contributed by atoms with Crippen molar-refractivity contribution in [2.75, 3.05) is 21.3 Å². The van der Waals surface area contributed by atoms with Crippen molar-refractivity contribution in [2.24, 2.45) is 0 Å². The highest BCUT2D eigenvalue weighted by molar-refractivity contribution is 6.39. The average Bonchev–Trinajstić information content (AvgIpc) is 3.63. The molecule has 4 heterocycles. The summed E-state index contributed by atoms with van der Waals surface area (Å²) in [7, 11) is 4.50. The molecule has 0 saturated carbocycles. The Kier molecular flexibility index (Phi) is 5.61. The zero-order valence-corrected chi connectivity index (χ0v) is 24.3. The highest BCUT2D eigenvalue weighted by Crippen LogP contribution is 2.47. The summed E-state index contributed by atoms with van der Waals surface area (Å²) in [5, 5.41) is 3.16. The van der Waals surface area contributed by atoms with Crippen LogP contribution in [0, 0.1) is 0 Å². The van der Waals surface area contributed by atoms with Crippen molar-refractivity contribution in [2.45, 2.75) is 19.6 Å². The highest BCUT2D eigenvalue weighted by atomic mass is 16.5. The van der Waals surface area contributed by atoms with Crippen LogP contribution in [0.25, 0.3) is 43.6 Å². The molecule has 2 aliphatic rings. The number of hydrogen-bond donors (Lipinski definition) is 0. The third-order valence-corrected chi connectivity index (χ3v) is 8.95. The predicted octanol–water partition coefficient (Wildman–Crippen LogP) is 5.83. The van der Waals surface area contributed by atoms with Gasteiger partial charge in [0.25, 0.3) is 11.8 Å². The van der Waals surface area contributed by atoms with E-state index in [9.17, 15) is 14.4 Å². The predicted molar refractivity (Wildman–Crippen MR) is 166 cm³/mol. The monoisotopic (exact) mass is 585 g/mol. The molecule has 2 aliphatic heterocycles. The molecule has 2 amide bonds. The number of fused-ring (bicyclic) bond motifs is 9. The van der Waals surface area contributed by atoms with Crippen LogP contribution in [0.3, 0.4) is 0 Å². The first-order chi connectivity index (χ1) is 21.5. The highest BCUT2D eigenvalue weighted by Gasteiger charge is 2.42. The molecule has 218 valence electrons. The van der Waals surface area contributed by atoms with E-state index in [1.54, 1.807) is 26.4 Å². The molecule has 4 aromatic carbocycles. The van der Waals surface area contributed by atoms with Gasteiger partial charge in [0.15, 0.2) is 0 Å². The standard InChI is InChI=1S/C35H27N3O6/c1-42-21-13-12-19(26(16-21)43-2)17-38-33(39)29-27-22-8-4-6-10-24(22)36-15-14-20(35(41)44-3)18-37-25-11-7-5-9-23(25)28(30(29)34(38)40)32(37)31(27)36/h4-14,16H,15,17-18H2,1-3H3. The third-order valence-electron chi connectivity index (χ3n) is 8.95. The van der Waals surface area contributed by atoms with Crippen molar-refractivity contribution in [3.63, 3.8) is 0 Å². The molecule has 2 aromatic heterocycles. The lowest BCUT2D eigenvalue weighted by molar-refractivity contribution is -0.136. The molecule has 9 nitrogen and oxygen atoms in total. The minimum Gasteiger partial charge on any atom is -0.497 e. The van der Waals surface area contributed by atoms with Crippen LogP contribution in [0.2, 0.25) is 0 Å². The van der Waals surface area contributed by atoms with Crippen molar-refractivity contribution in [3.05, 3.63) is 95.1 Å². The SMILES string of the molecule is COC(=O)C1=CCn2c3ccccc3c3c4c(c5c6ccccc6n(c5c32)C1)C(=O)N(Cc1ccc(OC)cc1OC)C4=O. The lowest BCUT2D eigenvalue weighted by Gasteiger charge is -2.17. The van der Waals surface area contributed by atoms with E-state index in [0.29, 0.717) is 45.7 Å². The van der Waals surface area contributed by atoms with Gasteiger partial charge in [-0.2, -0.15) is 0 Å². The number of para-hydroxylation sites is 2. The van der Waals surface area contributed by atoms with Crippen LogP contribution < -0.4 is 9.47 Å². The quantitative estimate of drug-likeness (QED) is 0.187. The second-order valence-electron chi connectivity index (χ2n) is 11.0. The van der Waals surface area contributed by atoms with Gasteiger partial charge in [0.05, 0.1) is 62.2 Å². The van der Waals surface area contributed by atoms with Crippen molar-refractivity contribution in [1.82, 2.24) is 14.0 Å². The Bertz CT molecular complexity index is 2290. The average molecular weight is 586 g/mol. The first kappa shape index (κ1) is 26.1. The van der Waals surface area contributed by atoms with Crippen LogP contribution in [0.5, 0.6) is 11.5 Å². The van der Waals surface area contributed by atoms with Crippen LogP contribution in [-0.2, 0) is 29.2 Å². The van der Waals surface area contributed by atoms with E-state index in [0.717, 1.165) is 38.2 Å². The normalized spacial score (nSPS) is 14.4. The Morgan fingerprint density at radius 1 is 0.773 bits per heavy atom. The first-order valence-electron chi connectivity index (χ1n) is 14.3. The molecule has 8 rings (SSSR count). The molecular weight excluding hydrogens is 558 g/mol. The summed E-state index contributed by atoms with van der Waals surface area (Å²) >= 11 is 0. The Labute approximate surface area is 251 Å². The summed E-state index contributed by atoms with van der Waals surface area (Å²) in [6.45, 7) is 0.702. The van der Waals surface area contributed by atoms with Gasteiger partial charge in [0.1, 0.15) is 11.5 Å². The number of rotatable bonds is 5. The van der Waals surface area contributed by atoms with Gasteiger partial charge in [-0.15, -0.1) is 0 Å². The molecule has 0 unspecified atom stereocenters. The van der Waals surface area contributed by atoms with Crippen molar-refractivity contribution < 1.29 is 28.6 Å². The van der Waals surface area contributed by atoms with E-state index >= 15 is 0 Å². The Morgan fingerprint density at radius 2 is 1.39 bits per heavy atom. The number of methoxy groups -OCH3 is 3. The van der Waals surface area contributed by atoms with E-state index < -0.39 is 5.97 Å². The van der Waals surface area contributed by atoms with E-state index in [4.69, 9.17) is 14.2 Å². The summed E-state index contributed by atoms with van der Waals surface area (Å²) < 4.78 is 20.3. The fraction of sp³-hybridized carbons (Fsp3) is 0.171. The summed E-state index contributed by atoms with van der Waals surface area (Å²) in [6.07, 6.45) is 1.89. The Hall–Kier alpha value is -5.57. The summed E-state index contributed by atoms with van der Waals surface area (Å²) in [5.41, 5.74) is 5.44. The lowest BCUT2D eigenvalue weighted by atomic mass is 9.96. The van der Waals surface area contributed by atoms with Crippen LogP contribution in [0.4, 0.5) is 0 Å². The molecule has 44 heavy (non-hydrogen) atoms. The Morgan fingerprint density at radius 3 is 2.00 bits per heavy atom. The number of benzene rings is 4. The van der Waals surface area contributed by atoms with Crippen LogP contribution in [0.1, 0.15) is 26.3 Å². The fourth-order valence-corrected chi connectivity index (χ4v) is 7.01. The fourth-order valence-electron chi connectivity index (χ4n) is 7.01. The summed E-state index contributed by atoms with van der Waals surface area (Å²) in [4.78, 5) is 43.2. The molecule has 0 bridgehead atoms. The van der Waals surface area contributed by atoms with Crippen LogP contribution in [0.15, 0.2) is 78.4 Å². The number of carbonyl (C=O) groups is 3. The molecule has 0 spiro atoms. The number of allylic oxidation sites excluding steroid dienone is 1. The van der Waals surface area contributed by atoms with Gasteiger partial charge in [0, 0.05) is 50.8 Å². The van der Waals surface area contributed by atoms with Gasteiger partial charge in [-0.1, -0.05) is 42.5 Å². The maximum absolute atomic E-state index is 14.5. The molecule has 9 heteroatoms. The number of ether oxygens (including phenoxy) is 3. The maximum Gasteiger partial charge on any atom is 0.335 e. The van der Waals surface area contributed by atoms with Crippen LogP contribution in [-0.4, -0.2) is 53.1 Å². The number of carbonyl (C=O) groups excluding carboxylic acids is 3. The third kappa shape index (κ3) is 3.37. The van der Waals surface area contributed by atoms with Crippen LogP contribution >= 0.6 is 0 Å². The lowest BCUT2D eigenvalue weighted by Crippen LogP contribution is -2.29. The van der Waals surface area contributed by atoms with Gasteiger partial charge in [-0.05, 0) is 24.3 Å². The number of amides is 2. The van der Waals surface area contributed by atoms with Gasteiger partial charge >= 0.3 is 5.97 Å². The summed E-state index contributed by atoms with van der Waals surface area (Å²) in [5.74, 6) is 0.0194. The minimum atomic E-state index is -0.404. The first-order valence-corrected chi connectivity index (χ1v) is 14.3. The second kappa shape index (κ2) is 9.47.